The smallest absolute Gasteiger partial charge is 0.315 e. The SMILES string of the molecule is COC(=O)Cc1nc(C2COCCO2)no1. The molecular formula is C9H12N2O5. The molecule has 16 heavy (non-hydrogen) atoms. The maximum atomic E-state index is 11.0. The highest BCUT2D eigenvalue weighted by molar-refractivity contribution is 5.70. The summed E-state index contributed by atoms with van der Waals surface area (Å²) in [6.45, 7) is 1.48. The molecule has 7 nitrogen and oxygen atoms in total. The molecule has 1 saturated heterocycles. The number of hydrogen-bond acceptors (Lipinski definition) is 7. The van der Waals surface area contributed by atoms with Crippen LogP contribution in [0.15, 0.2) is 4.52 Å². The summed E-state index contributed by atoms with van der Waals surface area (Å²) < 4.78 is 20.0. The van der Waals surface area contributed by atoms with Crippen molar-refractivity contribution in [1.29, 1.82) is 0 Å². The first kappa shape index (κ1) is 11.0. The van der Waals surface area contributed by atoms with Crippen molar-refractivity contribution in [1.82, 2.24) is 10.1 Å². The van der Waals surface area contributed by atoms with Gasteiger partial charge in [0.2, 0.25) is 11.7 Å². The highest BCUT2D eigenvalue weighted by atomic mass is 16.6. The van der Waals surface area contributed by atoms with Gasteiger partial charge in [-0.2, -0.15) is 4.98 Å². The molecule has 2 rings (SSSR count). The van der Waals surface area contributed by atoms with Crippen molar-refractivity contribution >= 4 is 5.97 Å². The Hall–Kier alpha value is -1.47. The summed E-state index contributed by atoms with van der Waals surface area (Å²) in [4.78, 5) is 15.0. The van der Waals surface area contributed by atoms with E-state index in [1.54, 1.807) is 0 Å². The second-order valence-electron chi connectivity index (χ2n) is 3.23. The molecule has 1 fully saturated rings. The quantitative estimate of drug-likeness (QED) is 0.666. The average Bonchev–Trinajstić information content (AvgIpc) is 2.78. The molecule has 88 valence electrons. The van der Waals surface area contributed by atoms with Crippen molar-refractivity contribution in [3.05, 3.63) is 11.7 Å². The van der Waals surface area contributed by atoms with Gasteiger partial charge in [0.05, 0.1) is 26.9 Å². The van der Waals surface area contributed by atoms with E-state index >= 15 is 0 Å². The largest absolute Gasteiger partial charge is 0.469 e. The molecule has 7 heteroatoms. The van der Waals surface area contributed by atoms with Crippen LogP contribution >= 0.6 is 0 Å². The van der Waals surface area contributed by atoms with Crippen LogP contribution in [-0.4, -0.2) is 43.0 Å². The summed E-state index contributed by atoms with van der Waals surface area (Å²) in [7, 11) is 1.30. The minimum absolute atomic E-state index is 0.0307. The second kappa shape index (κ2) is 5.04. The fourth-order valence-corrected chi connectivity index (χ4v) is 1.30. The van der Waals surface area contributed by atoms with Crippen molar-refractivity contribution in [3.63, 3.8) is 0 Å². The van der Waals surface area contributed by atoms with Crippen molar-refractivity contribution in [3.8, 4) is 0 Å². The highest BCUT2D eigenvalue weighted by Gasteiger charge is 2.23. The zero-order chi connectivity index (χ0) is 11.4. The number of carbonyl (C=O) groups excluding carboxylic acids is 1. The second-order valence-corrected chi connectivity index (χ2v) is 3.23. The van der Waals surface area contributed by atoms with Crippen LogP contribution in [0.3, 0.4) is 0 Å². The lowest BCUT2D eigenvalue weighted by atomic mass is 10.3. The summed E-state index contributed by atoms with van der Waals surface area (Å²) in [5.41, 5.74) is 0. The molecule has 0 aromatic carbocycles. The highest BCUT2D eigenvalue weighted by Crippen LogP contribution is 2.17. The Morgan fingerprint density at radius 2 is 2.44 bits per heavy atom. The number of carbonyl (C=O) groups is 1. The lowest BCUT2D eigenvalue weighted by molar-refractivity contribution is -0.140. The van der Waals surface area contributed by atoms with Gasteiger partial charge in [0.1, 0.15) is 12.5 Å². The predicted octanol–water partition coefficient (Wildman–Crippen LogP) is -0.127. The molecule has 2 heterocycles. The Kier molecular flexibility index (Phi) is 3.47. The third-order valence-electron chi connectivity index (χ3n) is 2.11. The van der Waals surface area contributed by atoms with E-state index in [4.69, 9.17) is 14.0 Å². The van der Waals surface area contributed by atoms with Gasteiger partial charge in [-0.1, -0.05) is 5.16 Å². The molecule has 0 N–H and O–H groups in total. The number of ether oxygens (including phenoxy) is 3. The van der Waals surface area contributed by atoms with E-state index in [2.05, 4.69) is 14.9 Å². The maximum absolute atomic E-state index is 11.0. The molecule has 0 amide bonds. The average molecular weight is 228 g/mol. The van der Waals surface area contributed by atoms with Crippen molar-refractivity contribution < 1.29 is 23.5 Å². The predicted molar refractivity (Wildman–Crippen MR) is 49.5 cm³/mol. The fraction of sp³-hybridized carbons (Fsp3) is 0.667. The van der Waals surface area contributed by atoms with E-state index in [1.807, 2.05) is 0 Å². The minimum Gasteiger partial charge on any atom is -0.469 e. The maximum Gasteiger partial charge on any atom is 0.315 e. The molecule has 1 atom stereocenters. The van der Waals surface area contributed by atoms with Gasteiger partial charge in [-0.3, -0.25) is 4.79 Å². The van der Waals surface area contributed by atoms with Crippen LogP contribution < -0.4 is 0 Å². The summed E-state index contributed by atoms with van der Waals surface area (Å²) in [6.07, 6.45) is -0.347. The number of hydrogen-bond donors (Lipinski definition) is 0. The Morgan fingerprint density at radius 3 is 3.12 bits per heavy atom. The first-order valence-electron chi connectivity index (χ1n) is 4.88. The Labute approximate surface area is 91.7 Å². The molecule has 0 bridgehead atoms. The van der Waals surface area contributed by atoms with E-state index in [0.29, 0.717) is 25.6 Å². The lowest BCUT2D eigenvalue weighted by Gasteiger charge is -2.19. The molecule has 1 aromatic rings. The molecule has 1 aliphatic heterocycles. The molecule has 0 saturated carbocycles. The van der Waals surface area contributed by atoms with Gasteiger partial charge in [0.15, 0.2) is 0 Å². The van der Waals surface area contributed by atoms with Gasteiger partial charge in [0, 0.05) is 0 Å². The molecule has 1 aliphatic rings. The number of esters is 1. The van der Waals surface area contributed by atoms with Crippen LogP contribution in [0, 0.1) is 0 Å². The van der Waals surface area contributed by atoms with Gasteiger partial charge in [-0.25, -0.2) is 0 Å². The molecular weight excluding hydrogens is 216 g/mol. The zero-order valence-corrected chi connectivity index (χ0v) is 8.84. The number of rotatable bonds is 3. The van der Waals surface area contributed by atoms with Gasteiger partial charge in [-0.05, 0) is 0 Å². The number of methoxy groups -OCH3 is 1. The molecule has 1 aromatic heterocycles. The van der Waals surface area contributed by atoms with Crippen LogP contribution in [-0.2, 0) is 25.4 Å². The summed E-state index contributed by atoms with van der Waals surface area (Å²) in [5.74, 6) is 0.200. The van der Waals surface area contributed by atoms with Crippen molar-refractivity contribution in [2.45, 2.75) is 12.5 Å². The third kappa shape index (κ3) is 2.56. The Morgan fingerprint density at radius 1 is 1.56 bits per heavy atom. The first-order valence-corrected chi connectivity index (χ1v) is 4.88. The minimum atomic E-state index is -0.420. The van der Waals surface area contributed by atoms with Crippen molar-refractivity contribution in [2.75, 3.05) is 26.9 Å². The standard InChI is InChI=1S/C9H12N2O5/c1-13-8(12)4-7-10-9(11-16-7)6-5-14-2-3-15-6/h6H,2-5H2,1H3. The Bertz CT molecular complexity index is 359. The van der Waals surface area contributed by atoms with Crippen LogP contribution in [0.1, 0.15) is 17.8 Å². The van der Waals surface area contributed by atoms with E-state index in [-0.39, 0.29) is 18.4 Å². The summed E-state index contributed by atoms with van der Waals surface area (Å²) >= 11 is 0. The topological polar surface area (TPSA) is 83.7 Å². The van der Waals surface area contributed by atoms with E-state index in [0.717, 1.165) is 0 Å². The van der Waals surface area contributed by atoms with Gasteiger partial charge < -0.3 is 18.7 Å². The molecule has 0 spiro atoms. The summed E-state index contributed by atoms with van der Waals surface area (Å²) in [5, 5.41) is 3.73. The molecule has 0 aliphatic carbocycles. The van der Waals surface area contributed by atoms with E-state index < -0.39 is 5.97 Å². The van der Waals surface area contributed by atoms with E-state index in [1.165, 1.54) is 7.11 Å². The van der Waals surface area contributed by atoms with Crippen LogP contribution in [0.5, 0.6) is 0 Å². The van der Waals surface area contributed by atoms with Crippen LogP contribution in [0.2, 0.25) is 0 Å². The van der Waals surface area contributed by atoms with Crippen molar-refractivity contribution in [2.24, 2.45) is 0 Å². The number of nitrogens with zero attached hydrogens (tertiary/aromatic N) is 2. The number of aromatic nitrogens is 2. The third-order valence-corrected chi connectivity index (χ3v) is 2.11. The molecule has 0 radical (unpaired) electrons. The normalized spacial score (nSPS) is 20.7. The van der Waals surface area contributed by atoms with Crippen LogP contribution in [0.4, 0.5) is 0 Å². The lowest BCUT2D eigenvalue weighted by Crippen LogP contribution is -2.22. The summed E-state index contributed by atoms with van der Waals surface area (Å²) in [6, 6.07) is 0. The van der Waals surface area contributed by atoms with Gasteiger partial charge >= 0.3 is 5.97 Å². The van der Waals surface area contributed by atoms with E-state index in [9.17, 15) is 4.79 Å². The fourth-order valence-electron chi connectivity index (χ4n) is 1.30. The molecule has 1 unspecified atom stereocenters. The van der Waals surface area contributed by atoms with Gasteiger partial charge in [0.25, 0.3) is 0 Å². The first-order chi connectivity index (χ1) is 7.79. The van der Waals surface area contributed by atoms with Gasteiger partial charge in [-0.15, -0.1) is 0 Å². The van der Waals surface area contributed by atoms with Crippen LogP contribution in [0.25, 0.3) is 0 Å². The Balaban J connectivity index is 1.98. The zero-order valence-electron chi connectivity index (χ0n) is 8.84. The monoisotopic (exact) mass is 228 g/mol.